The maximum atomic E-state index is 11.5. The Morgan fingerprint density at radius 1 is 1.44 bits per heavy atom. The van der Waals surface area contributed by atoms with Crippen LogP contribution in [0, 0.1) is 13.8 Å². The molecule has 98 valence electrons. The third kappa shape index (κ3) is 2.99. The molecule has 0 saturated heterocycles. The molecule has 0 bridgehead atoms. The van der Waals surface area contributed by atoms with E-state index in [1.807, 2.05) is 45.0 Å². The smallest absolute Gasteiger partial charge is 0.340 e. The van der Waals surface area contributed by atoms with Gasteiger partial charge in [0.05, 0.1) is 6.61 Å². The fraction of sp³-hybridized carbons (Fsp3) is 0.400. The molecule has 0 aliphatic carbocycles. The van der Waals surface area contributed by atoms with Crippen LogP contribution in [0.4, 0.5) is 0 Å². The highest BCUT2D eigenvalue weighted by molar-refractivity contribution is 5.79. The SMILES string of the molecule is CC=CCOC(C)(C(=O)O)c1cc(C)ccc1C. The van der Waals surface area contributed by atoms with Crippen LogP contribution < -0.4 is 0 Å². The summed E-state index contributed by atoms with van der Waals surface area (Å²) in [6.45, 7) is 7.60. The molecule has 1 N–H and O–H groups in total. The molecule has 0 aliphatic rings. The number of carbonyl (C=O) groups is 1. The molecule has 1 unspecified atom stereocenters. The molecule has 0 saturated carbocycles. The first-order chi connectivity index (χ1) is 8.41. The molecule has 0 heterocycles. The van der Waals surface area contributed by atoms with Crippen LogP contribution in [-0.4, -0.2) is 17.7 Å². The number of rotatable bonds is 5. The van der Waals surface area contributed by atoms with Gasteiger partial charge in [0.1, 0.15) is 0 Å². The fourth-order valence-corrected chi connectivity index (χ4v) is 1.82. The van der Waals surface area contributed by atoms with E-state index in [-0.39, 0.29) is 6.61 Å². The van der Waals surface area contributed by atoms with Gasteiger partial charge in [-0.25, -0.2) is 4.79 Å². The van der Waals surface area contributed by atoms with Gasteiger partial charge in [0, 0.05) is 0 Å². The second-order valence-electron chi connectivity index (χ2n) is 4.54. The maximum absolute atomic E-state index is 11.5. The number of hydrogen-bond acceptors (Lipinski definition) is 2. The van der Waals surface area contributed by atoms with Crippen molar-refractivity contribution in [2.45, 2.75) is 33.3 Å². The molecule has 1 aromatic carbocycles. The summed E-state index contributed by atoms with van der Waals surface area (Å²) < 4.78 is 5.57. The standard InChI is InChI=1S/C15H20O3/c1-5-6-9-18-15(4,14(16)17)13-10-11(2)7-8-12(13)3/h5-8,10H,9H2,1-4H3,(H,16,17). The van der Waals surface area contributed by atoms with Crippen LogP contribution in [-0.2, 0) is 15.1 Å². The van der Waals surface area contributed by atoms with Gasteiger partial charge in [-0.3, -0.25) is 0 Å². The van der Waals surface area contributed by atoms with Crippen molar-refractivity contribution in [2.75, 3.05) is 6.61 Å². The van der Waals surface area contributed by atoms with E-state index in [0.717, 1.165) is 11.1 Å². The van der Waals surface area contributed by atoms with Crippen LogP contribution in [0.5, 0.6) is 0 Å². The zero-order chi connectivity index (χ0) is 13.8. The lowest BCUT2D eigenvalue weighted by Gasteiger charge is -2.27. The van der Waals surface area contributed by atoms with E-state index < -0.39 is 11.6 Å². The van der Waals surface area contributed by atoms with Gasteiger partial charge in [0.15, 0.2) is 5.60 Å². The molecule has 0 spiro atoms. The number of allylic oxidation sites excluding steroid dienone is 1. The minimum atomic E-state index is -1.31. The second-order valence-corrected chi connectivity index (χ2v) is 4.54. The summed E-state index contributed by atoms with van der Waals surface area (Å²) in [5.74, 6) is -0.972. The van der Waals surface area contributed by atoms with Crippen molar-refractivity contribution < 1.29 is 14.6 Å². The summed E-state index contributed by atoms with van der Waals surface area (Å²) in [6, 6.07) is 5.76. The zero-order valence-electron chi connectivity index (χ0n) is 11.4. The van der Waals surface area contributed by atoms with Gasteiger partial charge >= 0.3 is 5.97 Å². The Morgan fingerprint density at radius 3 is 2.67 bits per heavy atom. The molecule has 1 aromatic rings. The Labute approximate surface area is 108 Å². The Balaban J connectivity index is 3.18. The van der Waals surface area contributed by atoms with Crippen molar-refractivity contribution in [1.82, 2.24) is 0 Å². The van der Waals surface area contributed by atoms with Crippen molar-refractivity contribution in [3.8, 4) is 0 Å². The predicted octanol–water partition coefficient (Wildman–Crippen LogP) is 3.20. The zero-order valence-corrected chi connectivity index (χ0v) is 11.4. The Bertz CT molecular complexity index is 463. The number of aliphatic carboxylic acids is 1. The van der Waals surface area contributed by atoms with E-state index >= 15 is 0 Å². The van der Waals surface area contributed by atoms with Gasteiger partial charge in [0.2, 0.25) is 0 Å². The highest BCUT2D eigenvalue weighted by Gasteiger charge is 2.37. The molecule has 0 radical (unpaired) electrons. The molecular weight excluding hydrogens is 228 g/mol. The lowest BCUT2D eigenvalue weighted by atomic mass is 9.90. The van der Waals surface area contributed by atoms with Gasteiger partial charge in [-0.1, -0.05) is 35.9 Å². The van der Waals surface area contributed by atoms with E-state index in [1.54, 1.807) is 13.0 Å². The van der Waals surface area contributed by atoms with E-state index in [9.17, 15) is 9.90 Å². The van der Waals surface area contributed by atoms with Gasteiger partial charge < -0.3 is 9.84 Å². The molecule has 3 heteroatoms. The normalized spacial score (nSPS) is 14.7. The average Bonchev–Trinajstić information content (AvgIpc) is 2.32. The van der Waals surface area contributed by atoms with Crippen LogP contribution in [0.25, 0.3) is 0 Å². The number of benzene rings is 1. The lowest BCUT2D eigenvalue weighted by molar-refractivity contribution is -0.163. The van der Waals surface area contributed by atoms with Gasteiger partial charge in [-0.2, -0.15) is 0 Å². The second kappa shape index (κ2) is 5.83. The van der Waals surface area contributed by atoms with E-state index in [0.29, 0.717) is 5.56 Å². The van der Waals surface area contributed by atoms with Crippen LogP contribution in [0.3, 0.4) is 0 Å². The molecule has 0 fully saturated rings. The summed E-state index contributed by atoms with van der Waals surface area (Å²) in [5.41, 5.74) is 1.35. The summed E-state index contributed by atoms with van der Waals surface area (Å²) in [4.78, 5) is 11.5. The van der Waals surface area contributed by atoms with Gasteiger partial charge in [0.25, 0.3) is 0 Å². The molecule has 0 aromatic heterocycles. The highest BCUT2D eigenvalue weighted by Crippen LogP contribution is 2.29. The first kappa shape index (κ1) is 14.5. The topological polar surface area (TPSA) is 46.5 Å². The number of carboxylic acids is 1. The predicted molar refractivity (Wildman–Crippen MR) is 71.7 cm³/mol. The number of ether oxygens (including phenoxy) is 1. The van der Waals surface area contributed by atoms with Gasteiger partial charge in [-0.15, -0.1) is 0 Å². The number of aryl methyl sites for hydroxylation is 2. The summed E-state index contributed by atoms with van der Waals surface area (Å²) in [5, 5.41) is 9.45. The Kier molecular flexibility index (Phi) is 4.68. The first-order valence-electron chi connectivity index (χ1n) is 5.98. The van der Waals surface area contributed by atoms with Crippen molar-refractivity contribution in [2.24, 2.45) is 0 Å². The molecule has 0 amide bonds. The highest BCUT2D eigenvalue weighted by atomic mass is 16.5. The fourth-order valence-electron chi connectivity index (χ4n) is 1.82. The maximum Gasteiger partial charge on any atom is 0.340 e. The third-order valence-electron chi connectivity index (χ3n) is 3.02. The van der Waals surface area contributed by atoms with E-state index in [2.05, 4.69) is 0 Å². The number of carboxylic acid groups (broad SMARTS) is 1. The van der Waals surface area contributed by atoms with Crippen LogP contribution in [0.1, 0.15) is 30.5 Å². The monoisotopic (exact) mass is 248 g/mol. The Morgan fingerprint density at radius 2 is 2.11 bits per heavy atom. The minimum absolute atomic E-state index is 0.284. The Hall–Kier alpha value is -1.61. The molecule has 1 rings (SSSR count). The minimum Gasteiger partial charge on any atom is -0.479 e. The molecular formula is C15H20O3. The van der Waals surface area contributed by atoms with Crippen molar-refractivity contribution in [1.29, 1.82) is 0 Å². The molecule has 18 heavy (non-hydrogen) atoms. The summed E-state index contributed by atoms with van der Waals surface area (Å²) >= 11 is 0. The van der Waals surface area contributed by atoms with Crippen molar-refractivity contribution in [3.05, 3.63) is 47.0 Å². The van der Waals surface area contributed by atoms with Crippen LogP contribution in [0.2, 0.25) is 0 Å². The summed E-state index contributed by atoms with van der Waals surface area (Å²) in [7, 11) is 0. The molecule has 3 nitrogen and oxygen atoms in total. The van der Waals surface area contributed by atoms with E-state index in [4.69, 9.17) is 4.74 Å². The molecule has 1 atom stereocenters. The molecule has 0 aliphatic heterocycles. The number of hydrogen-bond donors (Lipinski definition) is 1. The quantitative estimate of drug-likeness (QED) is 0.814. The first-order valence-corrected chi connectivity index (χ1v) is 5.98. The van der Waals surface area contributed by atoms with Crippen molar-refractivity contribution >= 4 is 5.97 Å². The average molecular weight is 248 g/mol. The van der Waals surface area contributed by atoms with E-state index in [1.165, 1.54) is 0 Å². The van der Waals surface area contributed by atoms with Crippen LogP contribution >= 0.6 is 0 Å². The van der Waals surface area contributed by atoms with Gasteiger partial charge in [-0.05, 0) is 38.8 Å². The largest absolute Gasteiger partial charge is 0.479 e. The van der Waals surface area contributed by atoms with Crippen molar-refractivity contribution in [3.63, 3.8) is 0 Å². The third-order valence-corrected chi connectivity index (χ3v) is 3.02. The lowest BCUT2D eigenvalue weighted by Crippen LogP contribution is -2.36. The van der Waals surface area contributed by atoms with Crippen LogP contribution in [0.15, 0.2) is 30.4 Å². The summed E-state index contributed by atoms with van der Waals surface area (Å²) in [6.07, 6.45) is 3.64.